The van der Waals surface area contributed by atoms with Gasteiger partial charge in [-0.2, -0.15) is 4.52 Å². The van der Waals surface area contributed by atoms with E-state index >= 15 is 0 Å². The SMILES string of the molecule is O=c1c(CCc2cccc(Cl)c2)c(C2CCC2)nc2nc[nH]n12. The van der Waals surface area contributed by atoms with E-state index in [1.165, 1.54) is 17.3 Å². The predicted molar refractivity (Wildman–Crippen MR) is 89.1 cm³/mol. The summed E-state index contributed by atoms with van der Waals surface area (Å²) < 4.78 is 1.43. The Balaban J connectivity index is 1.72. The van der Waals surface area contributed by atoms with Crippen LogP contribution in [-0.2, 0) is 12.8 Å². The van der Waals surface area contributed by atoms with Crippen molar-refractivity contribution in [2.24, 2.45) is 0 Å². The van der Waals surface area contributed by atoms with Gasteiger partial charge in [0.1, 0.15) is 6.33 Å². The molecule has 1 aromatic carbocycles. The summed E-state index contributed by atoms with van der Waals surface area (Å²) in [5.41, 5.74) is 2.84. The summed E-state index contributed by atoms with van der Waals surface area (Å²) >= 11 is 6.04. The largest absolute Gasteiger partial charge is 0.278 e. The van der Waals surface area contributed by atoms with Crippen LogP contribution in [0.5, 0.6) is 0 Å². The van der Waals surface area contributed by atoms with Crippen molar-refractivity contribution in [2.45, 2.75) is 38.0 Å². The van der Waals surface area contributed by atoms with Crippen LogP contribution in [0.3, 0.4) is 0 Å². The molecule has 1 aliphatic carbocycles. The molecule has 0 radical (unpaired) electrons. The standard InChI is InChI=1S/C17H17ClN4O/c18-13-6-1-3-11(9-13)7-8-14-15(12-4-2-5-12)21-17-19-10-20-22(17)16(14)23/h1,3,6,9-10,12H,2,4-5,7-8H2,(H,19,20,21). The number of hydrogen-bond acceptors (Lipinski definition) is 3. The molecule has 0 atom stereocenters. The Morgan fingerprint density at radius 1 is 1.30 bits per heavy atom. The third-order valence-corrected chi connectivity index (χ3v) is 4.84. The zero-order valence-electron chi connectivity index (χ0n) is 12.6. The van der Waals surface area contributed by atoms with Gasteiger partial charge in [-0.25, -0.2) is 9.97 Å². The summed E-state index contributed by atoms with van der Waals surface area (Å²) in [6.45, 7) is 0. The number of H-pyrrole nitrogens is 1. The Morgan fingerprint density at radius 2 is 2.17 bits per heavy atom. The second-order valence-electron chi connectivity index (χ2n) is 6.06. The van der Waals surface area contributed by atoms with E-state index < -0.39 is 0 Å². The minimum Gasteiger partial charge on any atom is -0.278 e. The van der Waals surface area contributed by atoms with Gasteiger partial charge in [0.25, 0.3) is 11.3 Å². The number of aryl methyl sites for hydroxylation is 1. The van der Waals surface area contributed by atoms with Crippen molar-refractivity contribution in [3.63, 3.8) is 0 Å². The molecular weight excluding hydrogens is 312 g/mol. The van der Waals surface area contributed by atoms with Crippen LogP contribution < -0.4 is 5.56 Å². The van der Waals surface area contributed by atoms with Gasteiger partial charge in [0.2, 0.25) is 0 Å². The third kappa shape index (κ3) is 2.65. The van der Waals surface area contributed by atoms with Crippen LogP contribution in [0.2, 0.25) is 5.02 Å². The summed E-state index contributed by atoms with van der Waals surface area (Å²) in [5.74, 6) is 0.863. The molecule has 0 unspecified atom stereocenters. The van der Waals surface area contributed by atoms with E-state index in [4.69, 9.17) is 11.6 Å². The van der Waals surface area contributed by atoms with Crippen LogP contribution in [0, 0.1) is 0 Å². The van der Waals surface area contributed by atoms with Gasteiger partial charge in [-0.15, -0.1) is 0 Å². The van der Waals surface area contributed by atoms with E-state index in [2.05, 4.69) is 15.1 Å². The van der Waals surface area contributed by atoms with Gasteiger partial charge in [0.15, 0.2) is 0 Å². The van der Waals surface area contributed by atoms with Gasteiger partial charge in [-0.3, -0.25) is 9.89 Å². The normalized spacial score (nSPS) is 15.0. The predicted octanol–water partition coefficient (Wildman–Crippen LogP) is 3.12. The zero-order valence-corrected chi connectivity index (χ0v) is 13.4. The maximum Gasteiger partial charge on any atom is 0.277 e. The van der Waals surface area contributed by atoms with Gasteiger partial charge < -0.3 is 0 Å². The Bertz CT molecular complexity index is 910. The second-order valence-corrected chi connectivity index (χ2v) is 6.50. The summed E-state index contributed by atoms with van der Waals surface area (Å²) in [7, 11) is 0. The van der Waals surface area contributed by atoms with Crippen molar-refractivity contribution in [1.29, 1.82) is 0 Å². The Labute approximate surface area is 138 Å². The number of aromatic amines is 1. The van der Waals surface area contributed by atoms with Crippen LogP contribution in [0.25, 0.3) is 5.78 Å². The van der Waals surface area contributed by atoms with E-state index in [1.54, 1.807) is 0 Å². The smallest absolute Gasteiger partial charge is 0.277 e. The molecule has 0 bridgehead atoms. The molecule has 0 saturated heterocycles. The lowest BCUT2D eigenvalue weighted by atomic mass is 9.80. The fourth-order valence-corrected chi connectivity index (χ4v) is 3.34. The lowest BCUT2D eigenvalue weighted by molar-refractivity contribution is 0.407. The molecule has 2 aromatic heterocycles. The minimum atomic E-state index is -0.0311. The molecular formula is C17H17ClN4O. The topological polar surface area (TPSA) is 63.0 Å². The molecule has 6 heteroatoms. The molecule has 0 spiro atoms. The van der Waals surface area contributed by atoms with Gasteiger partial charge in [-0.05, 0) is 43.4 Å². The highest BCUT2D eigenvalue weighted by atomic mass is 35.5. The van der Waals surface area contributed by atoms with E-state index in [0.717, 1.165) is 41.1 Å². The number of benzene rings is 1. The molecule has 1 N–H and O–H groups in total. The molecule has 118 valence electrons. The minimum absolute atomic E-state index is 0.0311. The molecule has 0 aliphatic heterocycles. The molecule has 1 aliphatic rings. The fourth-order valence-electron chi connectivity index (χ4n) is 3.12. The van der Waals surface area contributed by atoms with Crippen LogP contribution in [0.4, 0.5) is 0 Å². The highest BCUT2D eigenvalue weighted by Gasteiger charge is 2.26. The van der Waals surface area contributed by atoms with Crippen LogP contribution in [-0.4, -0.2) is 19.6 Å². The van der Waals surface area contributed by atoms with Crippen LogP contribution >= 0.6 is 11.6 Å². The summed E-state index contributed by atoms with van der Waals surface area (Å²) in [6, 6.07) is 7.78. The molecule has 5 nitrogen and oxygen atoms in total. The van der Waals surface area contributed by atoms with Gasteiger partial charge in [-0.1, -0.05) is 30.2 Å². The summed E-state index contributed by atoms with van der Waals surface area (Å²) in [6.07, 6.45) is 6.38. The number of halogens is 1. The first-order chi connectivity index (χ1) is 11.2. The average molecular weight is 329 g/mol. The molecule has 1 saturated carbocycles. The first-order valence-electron chi connectivity index (χ1n) is 7.92. The van der Waals surface area contributed by atoms with E-state index in [-0.39, 0.29) is 5.56 Å². The van der Waals surface area contributed by atoms with Crippen molar-refractivity contribution >= 4 is 17.4 Å². The van der Waals surface area contributed by atoms with Gasteiger partial charge >= 0.3 is 0 Å². The Hall–Kier alpha value is -2.14. The van der Waals surface area contributed by atoms with Crippen LogP contribution in [0.1, 0.15) is 42.0 Å². The maximum atomic E-state index is 12.8. The molecule has 23 heavy (non-hydrogen) atoms. The molecule has 0 amide bonds. The number of hydrogen-bond donors (Lipinski definition) is 1. The van der Waals surface area contributed by atoms with Crippen molar-refractivity contribution in [1.82, 2.24) is 19.6 Å². The molecule has 2 heterocycles. The van der Waals surface area contributed by atoms with E-state index in [0.29, 0.717) is 18.1 Å². The first-order valence-corrected chi connectivity index (χ1v) is 8.29. The van der Waals surface area contributed by atoms with Crippen molar-refractivity contribution in [2.75, 3.05) is 0 Å². The lowest BCUT2D eigenvalue weighted by Crippen LogP contribution is -2.26. The van der Waals surface area contributed by atoms with E-state index in [1.807, 2.05) is 24.3 Å². The first kappa shape index (κ1) is 14.5. The lowest BCUT2D eigenvalue weighted by Gasteiger charge is -2.26. The van der Waals surface area contributed by atoms with Gasteiger partial charge in [0, 0.05) is 16.5 Å². The Morgan fingerprint density at radius 3 is 2.91 bits per heavy atom. The van der Waals surface area contributed by atoms with E-state index in [9.17, 15) is 4.79 Å². The summed E-state index contributed by atoms with van der Waals surface area (Å²) in [5, 5.41) is 3.57. The van der Waals surface area contributed by atoms with Crippen LogP contribution in [0.15, 0.2) is 35.4 Å². The molecule has 4 rings (SSSR count). The number of aromatic nitrogens is 4. The number of fused-ring (bicyclic) bond motifs is 1. The third-order valence-electron chi connectivity index (χ3n) is 4.60. The van der Waals surface area contributed by atoms with Crippen molar-refractivity contribution in [3.8, 4) is 0 Å². The highest BCUT2D eigenvalue weighted by molar-refractivity contribution is 6.30. The summed E-state index contributed by atoms with van der Waals surface area (Å²) in [4.78, 5) is 21.5. The van der Waals surface area contributed by atoms with Gasteiger partial charge in [0.05, 0.1) is 5.69 Å². The number of nitrogens with one attached hydrogen (secondary N) is 1. The Kier molecular flexibility index (Phi) is 3.65. The quantitative estimate of drug-likeness (QED) is 0.800. The molecule has 1 fully saturated rings. The average Bonchev–Trinajstić information content (AvgIpc) is 2.94. The fraction of sp³-hybridized carbons (Fsp3) is 0.353. The van der Waals surface area contributed by atoms with Crippen molar-refractivity contribution in [3.05, 3.63) is 62.8 Å². The molecule has 3 aromatic rings. The van der Waals surface area contributed by atoms with Crippen molar-refractivity contribution < 1.29 is 0 Å². The number of rotatable bonds is 4. The zero-order chi connectivity index (χ0) is 15.8. The number of nitrogens with zero attached hydrogens (tertiary/aromatic N) is 3. The second kappa shape index (κ2) is 5.81. The monoisotopic (exact) mass is 328 g/mol. The maximum absolute atomic E-state index is 12.8. The highest BCUT2D eigenvalue weighted by Crippen LogP contribution is 2.36.